The van der Waals surface area contributed by atoms with E-state index in [1.165, 1.54) is 0 Å². The van der Waals surface area contributed by atoms with Crippen molar-refractivity contribution in [1.82, 2.24) is 19.9 Å². The molecule has 0 saturated heterocycles. The summed E-state index contributed by atoms with van der Waals surface area (Å²) in [5.41, 5.74) is 2.98. The average molecular weight is 306 g/mol. The van der Waals surface area contributed by atoms with Crippen LogP contribution in [-0.2, 0) is 11.3 Å². The lowest BCUT2D eigenvalue weighted by Gasteiger charge is -2.07. The van der Waals surface area contributed by atoms with E-state index in [1.807, 2.05) is 41.0 Å². The highest BCUT2D eigenvalue weighted by atomic mass is 16.2. The van der Waals surface area contributed by atoms with Crippen LogP contribution in [0.25, 0.3) is 16.9 Å². The number of fused-ring (bicyclic) bond motifs is 1. The molecule has 0 unspecified atom stereocenters. The highest BCUT2D eigenvalue weighted by molar-refractivity contribution is 5.81. The Labute approximate surface area is 134 Å². The first-order valence-corrected chi connectivity index (χ1v) is 7.87. The van der Waals surface area contributed by atoms with Gasteiger partial charge in [0, 0.05) is 18.7 Å². The maximum absolute atomic E-state index is 11.8. The molecular weight excluding hydrogens is 288 g/mol. The monoisotopic (exact) mass is 306 g/mol. The zero-order chi connectivity index (χ0) is 15.8. The van der Waals surface area contributed by atoms with Crippen LogP contribution in [0.3, 0.4) is 0 Å². The van der Waals surface area contributed by atoms with Crippen LogP contribution in [0.2, 0.25) is 0 Å². The molecule has 1 aromatic carbocycles. The van der Waals surface area contributed by atoms with Crippen molar-refractivity contribution in [3.8, 4) is 5.82 Å². The van der Waals surface area contributed by atoms with Crippen molar-refractivity contribution in [2.45, 2.75) is 19.9 Å². The molecule has 0 bridgehead atoms. The number of nitrogens with one attached hydrogen (secondary N) is 1. The molecule has 1 amide bonds. The zero-order valence-corrected chi connectivity index (χ0v) is 12.9. The van der Waals surface area contributed by atoms with Gasteiger partial charge in [-0.05, 0) is 36.1 Å². The maximum atomic E-state index is 11.8. The van der Waals surface area contributed by atoms with Crippen molar-refractivity contribution in [2.24, 2.45) is 11.8 Å². The van der Waals surface area contributed by atoms with E-state index in [4.69, 9.17) is 0 Å². The van der Waals surface area contributed by atoms with Crippen LogP contribution in [-0.4, -0.2) is 20.4 Å². The Balaban J connectivity index is 1.48. The van der Waals surface area contributed by atoms with Crippen molar-refractivity contribution in [3.05, 3.63) is 54.5 Å². The predicted octanol–water partition coefficient (Wildman–Crippen LogP) is 2.69. The van der Waals surface area contributed by atoms with Crippen molar-refractivity contribution in [3.63, 3.8) is 0 Å². The maximum Gasteiger partial charge on any atom is 0.223 e. The van der Waals surface area contributed by atoms with Gasteiger partial charge in [0.25, 0.3) is 0 Å². The number of hydrogen-bond acceptors (Lipinski definition) is 3. The number of carbonyl (C=O) groups excluding carboxylic acids is 1. The minimum absolute atomic E-state index is 0.155. The second-order valence-electron chi connectivity index (χ2n) is 6.17. The predicted molar refractivity (Wildman–Crippen MR) is 88.0 cm³/mol. The largest absolute Gasteiger partial charge is 0.352 e. The summed E-state index contributed by atoms with van der Waals surface area (Å²) in [5, 5.41) is 2.98. The summed E-state index contributed by atoms with van der Waals surface area (Å²) in [4.78, 5) is 20.7. The number of benzene rings is 1. The molecule has 1 aliphatic carbocycles. The standard InChI is InChI=1S/C18H18N4O/c1-12-8-14(12)18(23)20-10-13-6-7-17(19-9-13)22-11-21-15-4-2-3-5-16(15)22/h2-7,9,11-12,14H,8,10H2,1H3,(H,20,23)/t12-,14+/m0/s1. The first-order chi connectivity index (χ1) is 11.2. The number of pyridine rings is 1. The summed E-state index contributed by atoms with van der Waals surface area (Å²) in [6, 6.07) is 11.9. The fraction of sp³-hybridized carbons (Fsp3) is 0.278. The highest BCUT2D eigenvalue weighted by Crippen LogP contribution is 2.37. The third kappa shape index (κ3) is 2.70. The van der Waals surface area contributed by atoms with Gasteiger partial charge in [-0.1, -0.05) is 25.1 Å². The second kappa shape index (κ2) is 5.50. The van der Waals surface area contributed by atoms with Gasteiger partial charge in [-0.3, -0.25) is 9.36 Å². The van der Waals surface area contributed by atoms with Crippen LogP contribution in [0, 0.1) is 11.8 Å². The fourth-order valence-corrected chi connectivity index (χ4v) is 2.81. The first kappa shape index (κ1) is 13.9. The minimum Gasteiger partial charge on any atom is -0.352 e. The number of aromatic nitrogens is 3. The molecule has 3 aromatic rings. The number of carbonyl (C=O) groups is 1. The van der Waals surface area contributed by atoms with Gasteiger partial charge < -0.3 is 5.32 Å². The van der Waals surface area contributed by atoms with Crippen molar-refractivity contribution >= 4 is 16.9 Å². The first-order valence-electron chi connectivity index (χ1n) is 7.87. The second-order valence-corrected chi connectivity index (χ2v) is 6.17. The van der Waals surface area contributed by atoms with Gasteiger partial charge in [-0.15, -0.1) is 0 Å². The van der Waals surface area contributed by atoms with Gasteiger partial charge in [0.1, 0.15) is 12.1 Å². The van der Waals surface area contributed by atoms with E-state index < -0.39 is 0 Å². The fourth-order valence-electron chi connectivity index (χ4n) is 2.81. The van der Waals surface area contributed by atoms with Crippen LogP contribution in [0.4, 0.5) is 0 Å². The van der Waals surface area contributed by atoms with Crippen LogP contribution in [0.5, 0.6) is 0 Å². The molecule has 23 heavy (non-hydrogen) atoms. The lowest BCUT2D eigenvalue weighted by atomic mass is 10.2. The molecule has 2 aromatic heterocycles. The summed E-state index contributed by atoms with van der Waals surface area (Å²) in [7, 11) is 0. The van der Waals surface area contributed by atoms with E-state index in [2.05, 4.69) is 22.2 Å². The minimum atomic E-state index is 0.155. The van der Waals surface area contributed by atoms with Crippen LogP contribution in [0.15, 0.2) is 48.9 Å². The molecule has 116 valence electrons. The van der Waals surface area contributed by atoms with E-state index in [9.17, 15) is 4.79 Å². The normalized spacial score (nSPS) is 19.7. The van der Waals surface area contributed by atoms with Gasteiger partial charge in [0.15, 0.2) is 0 Å². The Kier molecular flexibility index (Phi) is 3.33. The molecule has 1 aliphatic rings. The van der Waals surface area contributed by atoms with Crippen LogP contribution < -0.4 is 5.32 Å². The number of para-hydroxylation sites is 2. The van der Waals surface area contributed by atoms with Crippen LogP contribution >= 0.6 is 0 Å². The van der Waals surface area contributed by atoms with Crippen molar-refractivity contribution in [1.29, 1.82) is 0 Å². The number of rotatable bonds is 4. The highest BCUT2D eigenvalue weighted by Gasteiger charge is 2.38. The Hall–Kier alpha value is -2.69. The summed E-state index contributed by atoms with van der Waals surface area (Å²) in [6.45, 7) is 2.63. The molecule has 0 radical (unpaired) electrons. The molecule has 0 spiro atoms. The third-order valence-electron chi connectivity index (χ3n) is 4.42. The van der Waals surface area contributed by atoms with Gasteiger partial charge in [-0.2, -0.15) is 0 Å². The van der Waals surface area contributed by atoms with E-state index in [-0.39, 0.29) is 11.8 Å². The van der Waals surface area contributed by atoms with Gasteiger partial charge in [0.05, 0.1) is 11.0 Å². The van der Waals surface area contributed by atoms with E-state index in [1.54, 1.807) is 12.5 Å². The Morgan fingerprint density at radius 3 is 2.83 bits per heavy atom. The third-order valence-corrected chi connectivity index (χ3v) is 4.42. The molecule has 1 saturated carbocycles. The Morgan fingerprint density at radius 2 is 2.09 bits per heavy atom. The van der Waals surface area contributed by atoms with Gasteiger partial charge in [-0.25, -0.2) is 9.97 Å². The molecule has 4 rings (SSSR count). The van der Waals surface area contributed by atoms with E-state index in [0.29, 0.717) is 12.5 Å². The zero-order valence-electron chi connectivity index (χ0n) is 12.9. The molecule has 0 aliphatic heterocycles. The molecular formula is C18H18N4O. The van der Waals surface area contributed by atoms with Crippen molar-refractivity contribution in [2.75, 3.05) is 0 Å². The van der Waals surface area contributed by atoms with E-state index in [0.717, 1.165) is 28.8 Å². The molecule has 5 heteroatoms. The van der Waals surface area contributed by atoms with Gasteiger partial charge >= 0.3 is 0 Å². The number of amides is 1. The SMILES string of the molecule is C[C@H]1C[C@H]1C(=O)NCc1ccc(-n2cnc3ccccc32)nc1. The summed E-state index contributed by atoms with van der Waals surface area (Å²) in [5.74, 6) is 1.72. The lowest BCUT2D eigenvalue weighted by molar-refractivity contribution is -0.122. The van der Waals surface area contributed by atoms with E-state index >= 15 is 0 Å². The summed E-state index contributed by atoms with van der Waals surface area (Å²) < 4.78 is 1.96. The molecule has 1 fully saturated rings. The lowest BCUT2D eigenvalue weighted by Crippen LogP contribution is -2.24. The number of imidazole rings is 1. The quantitative estimate of drug-likeness (QED) is 0.806. The van der Waals surface area contributed by atoms with Crippen LogP contribution in [0.1, 0.15) is 18.9 Å². The number of nitrogens with zero attached hydrogens (tertiary/aromatic N) is 3. The van der Waals surface area contributed by atoms with Crippen molar-refractivity contribution < 1.29 is 4.79 Å². The Bertz CT molecular complexity index is 853. The average Bonchev–Trinajstić information content (AvgIpc) is 3.17. The van der Waals surface area contributed by atoms with Gasteiger partial charge in [0.2, 0.25) is 5.91 Å². The smallest absolute Gasteiger partial charge is 0.223 e. The Morgan fingerprint density at radius 1 is 1.26 bits per heavy atom. The number of hydrogen-bond donors (Lipinski definition) is 1. The summed E-state index contributed by atoms with van der Waals surface area (Å²) in [6.07, 6.45) is 4.60. The summed E-state index contributed by atoms with van der Waals surface area (Å²) >= 11 is 0. The molecule has 2 heterocycles. The molecule has 5 nitrogen and oxygen atoms in total. The molecule has 2 atom stereocenters. The molecule has 1 N–H and O–H groups in total. The topological polar surface area (TPSA) is 59.8 Å².